The number of rotatable bonds is 2. The van der Waals surface area contributed by atoms with Crippen LogP contribution in [0, 0.1) is 28.1 Å². The van der Waals surface area contributed by atoms with Crippen molar-refractivity contribution in [2.75, 3.05) is 6.61 Å². The van der Waals surface area contributed by atoms with E-state index in [1.165, 1.54) is 12.2 Å². The first-order valence-corrected chi connectivity index (χ1v) is 11.2. The van der Waals surface area contributed by atoms with Crippen LogP contribution in [0.5, 0.6) is 0 Å². The molecule has 3 heterocycles. The molecule has 6 heteroatoms. The smallest absolute Gasteiger partial charge is 0.331 e. The minimum Gasteiger partial charge on any atom is -0.472 e. The summed E-state index contributed by atoms with van der Waals surface area (Å²) in [6.07, 6.45) is 10.8. The summed E-state index contributed by atoms with van der Waals surface area (Å²) in [6, 6.07) is 1.81. The van der Waals surface area contributed by atoms with Gasteiger partial charge in [-0.05, 0) is 49.3 Å². The van der Waals surface area contributed by atoms with Gasteiger partial charge in [-0.25, -0.2) is 9.59 Å². The Labute approximate surface area is 187 Å². The molecule has 1 fully saturated rings. The number of esters is 2. The molecule has 5 unspecified atom stereocenters. The highest BCUT2D eigenvalue weighted by Crippen LogP contribution is 2.67. The van der Waals surface area contributed by atoms with Gasteiger partial charge in [0, 0.05) is 28.5 Å². The molecule has 1 spiro atoms. The lowest BCUT2D eigenvalue weighted by Crippen LogP contribution is -2.59. The molecule has 0 N–H and O–H groups in total. The largest absolute Gasteiger partial charge is 0.472 e. The highest BCUT2D eigenvalue weighted by atomic mass is 16.5. The standard InChI is InChI=1S/C26H28O6/c1-15(2)17-11-20(27)25(4)18(26(17)9-6-21(28)31-14-26)5-8-24(3)19(25)12-22(29)32-23(24)16-7-10-30-13-16/h6-7,9-13,15,18,23H,5,8,14H2,1-4H3. The van der Waals surface area contributed by atoms with Gasteiger partial charge in [0.25, 0.3) is 0 Å². The third kappa shape index (κ3) is 2.61. The van der Waals surface area contributed by atoms with Gasteiger partial charge in [-0.15, -0.1) is 0 Å². The van der Waals surface area contributed by atoms with Crippen molar-refractivity contribution in [3.63, 3.8) is 0 Å². The Morgan fingerprint density at radius 3 is 2.50 bits per heavy atom. The van der Waals surface area contributed by atoms with E-state index in [1.54, 1.807) is 18.6 Å². The second kappa shape index (κ2) is 6.80. The van der Waals surface area contributed by atoms with Crippen molar-refractivity contribution >= 4 is 17.7 Å². The summed E-state index contributed by atoms with van der Waals surface area (Å²) in [5.74, 6) is -0.832. The highest BCUT2D eigenvalue weighted by Gasteiger charge is 2.65. The number of carbonyl (C=O) groups excluding carboxylic acids is 3. The molecule has 0 radical (unpaired) electrons. The SMILES string of the molecule is CC(C)C1=CC(=O)C2(C)C3=CC(=O)OC(c4ccoc4)C3(C)CCC2C12C=CC(=O)OC2. The summed E-state index contributed by atoms with van der Waals surface area (Å²) < 4.78 is 16.6. The monoisotopic (exact) mass is 436 g/mol. The van der Waals surface area contributed by atoms with Crippen LogP contribution in [0.25, 0.3) is 0 Å². The van der Waals surface area contributed by atoms with E-state index in [0.29, 0.717) is 0 Å². The van der Waals surface area contributed by atoms with Gasteiger partial charge in [0.2, 0.25) is 0 Å². The second-order valence-electron chi connectivity index (χ2n) is 10.2. The summed E-state index contributed by atoms with van der Waals surface area (Å²) >= 11 is 0. The Morgan fingerprint density at radius 1 is 1.09 bits per heavy atom. The van der Waals surface area contributed by atoms with E-state index in [0.717, 1.165) is 29.6 Å². The van der Waals surface area contributed by atoms with Crippen molar-refractivity contribution < 1.29 is 28.3 Å². The zero-order chi connectivity index (χ0) is 22.9. The Morgan fingerprint density at radius 2 is 1.88 bits per heavy atom. The van der Waals surface area contributed by atoms with Crippen LogP contribution in [0.2, 0.25) is 0 Å². The van der Waals surface area contributed by atoms with Gasteiger partial charge in [-0.2, -0.15) is 0 Å². The fraction of sp³-hybridized carbons (Fsp3) is 0.500. The van der Waals surface area contributed by atoms with E-state index < -0.39 is 28.3 Å². The van der Waals surface area contributed by atoms with Crippen molar-refractivity contribution in [3.8, 4) is 0 Å². The average Bonchev–Trinajstić information content (AvgIpc) is 3.28. The van der Waals surface area contributed by atoms with E-state index in [9.17, 15) is 14.4 Å². The van der Waals surface area contributed by atoms with E-state index in [-0.39, 0.29) is 30.2 Å². The molecule has 0 amide bonds. The molecule has 5 atom stereocenters. The fourth-order valence-corrected chi connectivity index (χ4v) is 6.80. The molecular formula is C26H28O6. The minimum absolute atomic E-state index is 0.0000522. The van der Waals surface area contributed by atoms with Crippen LogP contribution in [-0.2, 0) is 23.9 Å². The maximum atomic E-state index is 13.8. The molecule has 0 bridgehead atoms. The first kappa shape index (κ1) is 21.0. The van der Waals surface area contributed by atoms with Crippen LogP contribution in [0.4, 0.5) is 0 Å². The lowest BCUT2D eigenvalue weighted by molar-refractivity contribution is -0.160. The van der Waals surface area contributed by atoms with Crippen LogP contribution >= 0.6 is 0 Å². The van der Waals surface area contributed by atoms with E-state index in [1.807, 2.05) is 19.1 Å². The molecular weight excluding hydrogens is 408 g/mol. The summed E-state index contributed by atoms with van der Waals surface area (Å²) in [5.41, 5.74) is 0.551. The van der Waals surface area contributed by atoms with Crippen LogP contribution < -0.4 is 0 Å². The maximum Gasteiger partial charge on any atom is 0.331 e. The van der Waals surface area contributed by atoms with Crippen LogP contribution in [-0.4, -0.2) is 24.3 Å². The number of ketones is 1. The molecule has 2 aliphatic carbocycles. The van der Waals surface area contributed by atoms with Gasteiger partial charge in [0.05, 0.1) is 17.9 Å². The molecule has 2 aliphatic heterocycles. The van der Waals surface area contributed by atoms with Crippen molar-refractivity contribution in [2.45, 2.75) is 46.6 Å². The Bertz CT molecular complexity index is 1090. The number of cyclic esters (lactones) is 2. The molecule has 5 rings (SSSR count). The van der Waals surface area contributed by atoms with Gasteiger partial charge in [0.15, 0.2) is 5.78 Å². The quantitative estimate of drug-likeness (QED) is 0.635. The number of allylic oxidation sites excluding steroid dienone is 1. The van der Waals surface area contributed by atoms with Crippen molar-refractivity contribution in [3.05, 3.63) is 59.6 Å². The van der Waals surface area contributed by atoms with Gasteiger partial charge >= 0.3 is 11.9 Å². The molecule has 6 nitrogen and oxygen atoms in total. The van der Waals surface area contributed by atoms with Gasteiger partial charge in [-0.1, -0.05) is 32.4 Å². The number of furan rings is 1. The lowest BCUT2D eigenvalue weighted by Gasteiger charge is -2.61. The summed E-state index contributed by atoms with van der Waals surface area (Å²) in [4.78, 5) is 38.5. The topological polar surface area (TPSA) is 82.8 Å². The first-order chi connectivity index (χ1) is 15.1. The van der Waals surface area contributed by atoms with E-state index in [2.05, 4.69) is 20.8 Å². The summed E-state index contributed by atoms with van der Waals surface area (Å²) in [6.45, 7) is 8.36. The van der Waals surface area contributed by atoms with Gasteiger partial charge < -0.3 is 13.9 Å². The van der Waals surface area contributed by atoms with Crippen LogP contribution in [0.1, 0.15) is 52.2 Å². The third-order valence-electron chi connectivity index (χ3n) is 8.29. The van der Waals surface area contributed by atoms with Crippen LogP contribution in [0.15, 0.2) is 58.5 Å². The normalized spacial score (nSPS) is 38.6. The molecule has 1 saturated carbocycles. The van der Waals surface area contributed by atoms with E-state index in [4.69, 9.17) is 13.9 Å². The number of carbonyl (C=O) groups is 3. The predicted molar refractivity (Wildman–Crippen MR) is 115 cm³/mol. The third-order valence-corrected chi connectivity index (χ3v) is 8.29. The zero-order valence-electron chi connectivity index (χ0n) is 18.8. The molecule has 32 heavy (non-hydrogen) atoms. The summed E-state index contributed by atoms with van der Waals surface area (Å²) in [7, 11) is 0. The number of ether oxygens (including phenoxy) is 2. The molecule has 1 aromatic rings. The maximum absolute atomic E-state index is 13.8. The molecule has 4 aliphatic rings. The minimum atomic E-state index is -0.916. The van der Waals surface area contributed by atoms with Gasteiger partial charge in [0.1, 0.15) is 12.7 Å². The number of hydrogen-bond donors (Lipinski definition) is 0. The van der Waals surface area contributed by atoms with E-state index >= 15 is 0 Å². The highest BCUT2D eigenvalue weighted by molar-refractivity contribution is 6.01. The predicted octanol–water partition coefficient (Wildman–Crippen LogP) is 4.49. The molecule has 0 aromatic carbocycles. The van der Waals surface area contributed by atoms with Crippen LogP contribution in [0.3, 0.4) is 0 Å². The Balaban J connectivity index is 1.71. The lowest BCUT2D eigenvalue weighted by atomic mass is 9.43. The molecule has 1 aromatic heterocycles. The zero-order valence-corrected chi connectivity index (χ0v) is 18.8. The van der Waals surface area contributed by atoms with Gasteiger partial charge in [-0.3, -0.25) is 4.79 Å². The van der Waals surface area contributed by atoms with Crippen molar-refractivity contribution in [1.82, 2.24) is 0 Å². The average molecular weight is 437 g/mol. The van der Waals surface area contributed by atoms with Crippen molar-refractivity contribution in [1.29, 1.82) is 0 Å². The number of hydrogen-bond acceptors (Lipinski definition) is 6. The summed E-state index contributed by atoms with van der Waals surface area (Å²) in [5, 5.41) is 0. The Hall–Kier alpha value is -2.89. The second-order valence-corrected chi connectivity index (χ2v) is 10.2. The first-order valence-electron chi connectivity index (χ1n) is 11.2. The molecule has 0 saturated heterocycles. The fourth-order valence-electron chi connectivity index (χ4n) is 6.80. The molecule has 168 valence electrons. The Kier molecular flexibility index (Phi) is 4.46. The van der Waals surface area contributed by atoms with Crippen molar-refractivity contribution in [2.24, 2.45) is 28.1 Å². The number of fused-ring (bicyclic) bond motifs is 4.